The summed E-state index contributed by atoms with van der Waals surface area (Å²) in [4.78, 5) is 12.1. The van der Waals surface area contributed by atoms with Gasteiger partial charge in [0.1, 0.15) is 11.4 Å². The number of hydrogen-bond acceptors (Lipinski definition) is 4. The van der Waals surface area contributed by atoms with Crippen LogP contribution < -0.4 is 4.74 Å². The second-order valence-corrected chi connectivity index (χ2v) is 10.4. The Morgan fingerprint density at radius 2 is 1.45 bits per heavy atom. The largest absolute Gasteiger partial charge is 0.420 e. The molecule has 9 heteroatoms. The summed E-state index contributed by atoms with van der Waals surface area (Å²) in [6.45, 7) is 2.09. The number of halogens is 3. The van der Waals surface area contributed by atoms with Crippen LogP contribution in [0.5, 0.6) is 5.75 Å². The molecule has 6 nitrogen and oxygen atoms in total. The number of rotatable bonds is 6. The van der Waals surface area contributed by atoms with Crippen LogP contribution in [0.2, 0.25) is 15.1 Å². The summed E-state index contributed by atoms with van der Waals surface area (Å²) < 4.78 is 7.12. The highest BCUT2D eigenvalue weighted by Gasteiger charge is 2.15. The number of ether oxygens (including phenoxy) is 1. The molecule has 0 saturated heterocycles. The molecule has 0 unspecified atom stereocenters. The number of benzene rings is 4. The van der Waals surface area contributed by atoms with Crippen LogP contribution in [0.1, 0.15) is 23.1 Å². The van der Waals surface area contributed by atoms with E-state index in [-0.39, 0.29) is 5.69 Å². The van der Waals surface area contributed by atoms with E-state index >= 15 is 0 Å². The van der Waals surface area contributed by atoms with E-state index in [0.29, 0.717) is 26.5 Å². The third-order valence-electron chi connectivity index (χ3n) is 6.24. The molecular weight excluding hydrogens is 591 g/mol. The van der Waals surface area contributed by atoms with Gasteiger partial charge in [0.15, 0.2) is 0 Å². The number of esters is 1. The number of H-pyrrole nitrogens is 1. The molecular formula is C33H25Cl3N4O2. The van der Waals surface area contributed by atoms with Gasteiger partial charge in [-0.15, -0.1) is 0 Å². The van der Waals surface area contributed by atoms with Crippen LogP contribution in [-0.4, -0.2) is 25.9 Å². The SMILES string of the molecule is CCc1cc(-c2ccccc2)n(-c2ccc(Cl)cc2Cl)n1.O=C(Oc1ccccc1Cl)c1cc(-c2ccccc2)n[nH]1. The van der Waals surface area contributed by atoms with E-state index in [1.165, 1.54) is 0 Å². The second-order valence-electron chi connectivity index (χ2n) is 9.10. The Morgan fingerprint density at radius 1 is 0.786 bits per heavy atom. The predicted octanol–water partition coefficient (Wildman–Crippen LogP) is 9.36. The summed E-state index contributed by atoms with van der Waals surface area (Å²) in [5, 5.41) is 13.0. The van der Waals surface area contributed by atoms with E-state index in [4.69, 9.17) is 39.5 Å². The number of carbonyl (C=O) groups is 1. The van der Waals surface area contributed by atoms with Crippen LogP contribution in [0.25, 0.3) is 28.2 Å². The minimum absolute atomic E-state index is 0.272. The Kier molecular flexibility index (Phi) is 9.39. The summed E-state index contributed by atoms with van der Waals surface area (Å²) in [5.74, 6) is -0.210. The van der Waals surface area contributed by atoms with Gasteiger partial charge in [0.05, 0.1) is 32.8 Å². The first-order valence-electron chi connectivity index (χ1n) is 13.1. The number of nitrogens with one attached hydrogen (secondary N) is 1. The smallest absolute Gasteiger partial charge is 0.361 e. The lowest BCUT2D eigenvalue weighted by Gasteiger charge is -2.09. The normalized spacial score (nSPS) is 10.6. The zero-order valence-electron chi connectivity index (χ0n) is 22.5. The number of hydrogen-bond donors (Lipinski definition) is 1. The van der Waals surface area contributed by atoms with E-state index < -0.39 is 5.97 Å². The number of aromatic nitrogens is 4. The quantitative estimate of drug-likeness (QED) is 0.150. The van der Waals surface area contributed by atoms with Crippen LogP contribution >= 0.6 is 34.8 Å². The van der Waals surface area contributed by atoms with Crippen molar-refractivity contribution in [3.63, 3.8) is 0 Å². The Labute approximate surface area is 258 Å². The molecule has 0 aliphatic heterocycles. The molecule has 4 aromatic carbocycles. The van der Waals surface area contributed by atoms with Crippen molar-refractivity contribution in [1.82, 2.24) is 20.0 Å². The molecule has 0 saturated carbocycles. The van der Waals surface area contributed by atoms with Crippen LogP contribution in [0.15, 0.2) is 115 Å². The molecule has 0 radical (unpaired) electrons. The zero-order valence-corrected chi connectivity index (χ0v) is 24.7. The Bertz CT molecular complexity index is 1800. The second kappa shape index (κ2) is 13.5. The fraction of sp³-hybridized carbons (Fsp3) is 0.0606. The summed E-state index contributed by atoms with van der Waals surface area (Å²) in [7, 11) is 0. The standard InChI is InChI=1S/C17H14Cl2N2.C16H11ClN2O2/c1-2-14-11-17(12-6-4-3-5-7-12)21(20-14)16-9-8-13(18)10-15(16)19;17-12-8-4-5-9-15(12)21-16(20)14-10-13(18-19-14)11-6-2-1-3-7-11/h3-11H,2H2,1H3;1-10H,(H,18,19). The van der Waals surface area contributed by atoms with E-state index in [1.807, 2.05) is 65.3 Å². The van der Waals surface area contributed by atoms with Crippen LogP contribution in [0.4, 0.5) is 0 Å². The molecule has 2 aromatic heterocycles. The third kappa shape index (κ3) is 6.92. The molecule has 1 N–H and O–H groups in total. The molecule has 6 rings (SSSR count). The Hall–Kier alpha value is -4.36. The van der Waals surface area contributed by atoms with Crippen LogP contribution in [-0.2, 0) is 6.42 Å². The first-order valence-corrected chi connectivity index (χ1v) is 14.2. The predicted molar refractivity (Wildman–Crippen MR) is 169 cm³/mol. The molecule has 2 heterocycles. The highest BCUT2D eigenvalue weighted by atomic mass is 35.5. The van der Waals surface area contributed by atoms with Gasteiger partial charge in [-0.25, -0.2) is 9.48 Å². The molecule has 210 valence electrons. The maximum Gasteiger partial charge on any atom is 0.361 e. The molecule has 0 bridgehead atoms. The van der Waals surface area contributed by atoms with E-state index in [2.05, 4.69) is 40.4 Å². The van der Waals surface area contributed by atoms with Gasteiger partial charge >= 0.3 is 5.97 Å². The molecule has 42 heavy (non-hydrogen) atoms. The highest BCUT2D eigenvalue weighted by molar-refractivity contribution is 6.35. The minimum Gasteiger partial charge on any atom is -0.420 e. The minimum atomic E-state index is -0.530. The van der Waals surface area contributed by atoms with Gasteiger partial charge in [-0.1, -0.05) is 115 Å². The van der Waals surface area contributed by atoms with Gasteiger partial charge in [-0.3, -0.25) is 5.10 Å². The third-order valence-corrected chi connectivity index (χ3v) is 7.09. The molecule has 0 amide bonds. The van der Waals surface area contributed by atoms with Gasteiger partial charge in [0.2, 0.25) is 0 Å². The topological polar surface area (TPSA) is 72.8 Å². The maximum atomic E-state index is 12.1. The van der Waals surface area contributed by atoms with Crippen molar-refractivity contribution in [3.8, 4) is 34.0 Å². The number of para-hydroxylation sites is 1. The first kappa shape index (κ1) is 29.1. The number of nitrogens with zero attached hydrogens (tertiary/aromatic N) is 3. The van der Waals surface area contributed by atoms with Crippen molar-refractivity contribution in [2.75, 3.05) is 0 Å². The number of carbonyl (C=O) groups excluding carboxylic acids is 1. The van der Waals surface area contributed by atoms with Gasteiger partial charge in [-0.2, -0.15) is 10.2 Å². The lowest BCUT2D eigenvalue weighted by molar-refractivity contribution is 0.0728. The van der Waals surface area contributed by atoms with E-state index in [9.17, 15) is 4.79 Å². The Morgan fingerprint density at radius 3 is 2.12 bits per heavy atom. The lowest BCUT2D eigenvalue weighted by atomic mass is 10.1. The number of aryl methyl sites for hydroxylation is 1. The summed E-state index contributed by atoms with van der Waals surface area (Å²) in [6.07, 6.45) is 0.873. The molecule has 6 aromatic rings. The van der Waals surface area contributed by atoms with Crippen molar-refractivity contribution in [3.05, 3.63) is 142 Å². The van der Waals surface area contributed by atoms with Crippen molar-refractivity contribution in [2.24, 2.45) is 0 Å². The van der Waals surface area contributed by atoms with E-state index in [0.717, 1.165) is 34.6 Å². The average Bonchev–Trinajstić information content (AvgIpc) is 3.68. The lowest BCUT2D eigenvalue weighted by Crippen LogP contribution is -2.09. The summed E-state index contributed by atoms with van der Waals surface area (Å²) in [5.41, 5.74) is 5.87. The number of aromatic amines is 1. The van der Waals surface area contributed by atoms with Crippen molar-refractivity contribution < 1.29 is 9.53 Å². The monoisotopic (exact) mass is 614 g/mol. The van der Waals surface area contributed by atoms with Gasteiger partial charge < -0.3 is 4.74 Å². The van der Waals surface area contributed by atoms with Crippen LogP contribution in [0, 0.1) is 0 Å². The molecule has 0 fully saturated rings. The maximum absolute atomic E-state index is 12.1. The highest BCUT2D eigenvalue weighted by Crippen LogP contribution is 2.30. The van der Waals surface area contributed by atoms with Crippen molar-refractivity contribution in [1.29, 1.82) is 0 Å². The molecule has 0 aliphatic rings. The molecule has 0 atom stereocenters. The zero-order chi connectivity index (χ0) is 29.5. The van der Waals surface area contributed by atoms with Crippen molar-refractivity contribution in [2.45, 2.75) is 13.3 Å². The molecule has 0 aliphatic carbocycles. The van der Waals surface area contributed by atoms with E-state index in [1.54, 1.807) is 36.4 Å². The summed E-state index contributed by atoms with van der Waals surface area (Å²) in [6, 6.07) is 35.7. The average molecular weight is 616 g/mol. The van der Waals surface area contributed by atoms with Crippen molar-refractivity contribution >= 4 is 40.8 Å². The van der Waals surface area contributed by atoms with Gasteiger partial charge in [0.25, 0.3) is 0 Å². The fourth-order valence-corrected chi connectivity index (χ4v) is 4.78. The fourth-order valence-electron chi connectivity index (χ4n) is 4.12. The Balaban J connectivity index is 0.000000168. The first-order chi connectivity index (χ1) is 20.4. The van der Waals surface area contributed by atoms with Gasteiger partial charge in [0, 0.05) is 16.1 Å². The summed E-state index contributed by atoms with van der Waals surface area (Å²) >= 11 is 18.3. The van der Waals surface area contributed by atoms with Crippen LogP contribution in [0.3, 0.4) is 0 Å². The molecule has 0 spiro atoms. The van der Waals surface area contributed by atoms with Gasteiger partial charge in [-0.05, 0) is 48.9 Å².